The van der Waals surface area contributed by atoms with Crippen molar-refractivity contribution in [3.8, 4) is 0 Å². The molecule has 0 atom stereocenters. The average Bonchev–Trinajstić information content (AvgIpc) is 2.41. The second kappa shape index (κ2) is 7.34. The maximum absolute atomic E-state index is 13.7. The smallest absolute Gasteiger partial charge is 0.244 e. The maximum atomic E-state index is 13.7. The van der Waals surface area contributed by atoms with Gasteiger partial charge in [0.25, 0.3) is 0 Å². The monoisotopic (exact) mass is 319 g/mol. The molecule has 0 heterocycles. The van der Waals surface area contributed by atoms with E-state index in [0.717, 1.165) is 12.1 Å². The van der Waals surface area contributed by atoms with Gasteiger partial charge in [0, 0.05) is 19.3 Å². The van der Waals surface area contributed by atoms with Gasteiger partial charge in [-0.2, -0.15) is 0 Å². The van der Waals surface area contributed by atoms with Crippen molar-refractivity contribution in [3.63, 3.8) is 0 Å². The maximum Gasteiger partial charge on any atom is 0.244 e. The summed E-state index contributed by atoms with van der Waals surface area (Å²) in [6.07, 6.45) is 0. The van der Waals surface area contributed by atoms with Crippen molar-refractivity contribution in [2.24, 2.45) is 0 Å². The molecule has 0 radical (unpaired) electrons. The SMILES string of the molecule is COCCNC(=O)CNS(=O)(=O)c1cc(N)c(C)cc1F. The standard InChI is InChI=1S/C12H18FN3O4S/c1-8-5-9(13)11(6-10(8)14)21(18,19)16-7-12(17)15-3-4-20-2/h5-6,16H,3-4,7,14H2,1-2H3,(H,15,17). The molecule has 0 spiro atoms. The highest BCUT2D eigenvalue weighted by Gasteiger charge is 2.21. The molecule has 0 saturated carbocycles. The highest BCUT2D eigenvalue weighted by molar-refractivity contribution is 7.89. The van der Waals surface area contributed by atoms with Crippen LogP contribution < -0.4 is 15.8 Å². The Balaban J connectivity index is 2.74. The largest absolute Gasteiger partial charge is 0.398 e. The summed E-state index contributed by atoms with van der Waals surface area (Å²) in [6.45, 7) is 1.62. The Morgan fingerprint density at radius 1 is 1.43 bits per heavy atom. The van der Waals surface area contributed by atoms with Gasteiger partial charge in [-0.3, -0.25) is 4.79 Å². The predicted octanol–water partition coefficient (Wildman–Crippen LogP) is -0.243. The number of nitrogens with one attached hydrogen (secondary N) is 2. The van der Waals surface area contributed by atoms with Crippen LogP contribution in [0, 0.1) is 12.7 Å². The minimum absolute atomic E-state index is 0.154. The number of methoxy groups -OCH3 is 1. The number of ether oxygens (including phenoxy) is 1. The van der Waals surface area contributed by atoms with E-state index in [4.69, 9.17) is 10.5 Å². The van der Waals surface area contributed by atoms with Crippen molar-refractivity contribution >= 4 is 21.6 Å². The van der Waals surface area contributed by atoms with E-state index in [1.807, 2.05) is 4.72 Å². The number of rotatable bonds is 7. The van der Waals surface area contributed by atoms with E-state index < -0.39 is 33.2 Å². The zero-order valence-corrected chi connectivity index (χ0v) is 12.6. The van der Waals surface area contributed by atoms with Crippen LogP contribution in [0.2, 0.25) is 0 Å². The summed E-state index contributed by atoms with van der Waals surface area (Å²) in [4.78, 5) is 10.8. The predicted molar refractivity (Wildman–Crippen MR) is 75.6 cm³/mol. The molecule has 0 unspecified atom stereocenters. The summed E-state index contributed by atoms with van der Waals surface area (Å²) in [5, 5.41) is 2.43. The van der Waals surface area contributed by atoms with Crippen LogP contribution in [0.4, 0.5) is 10.1 Å². The van der Waals surface area contributed by atoms with Crippen LogP contribution in [-0.4, -0.2) is 41.1 Å². The molecule has 9 heteroatoms. The van der Waals surface area contributed by atoms with Crippen molar-refractivity contribution in [3.05, 3.63) is 23.5 Å². The van der Waals surface area contributed by atoms with Crippen molar-refractivity contribution in [2.75, 3.05) is 32.5 Å². The lowest BCUT2D eigenvalue weighted by molar-refractivity contribution is -0.120. The number of halogens is 1. The fourth-order valence-corrected chi connectivity index (χ4v) is 2.54. The minimum atomic E-state index is -4.15. The topological polar surface area (TPSA) is 111 Å². The molecule has 1 rings (SSSR count). The molecule has 1 aromatic carbocycles. The van der Waals surface area contributed by atoms with Gasteiger partial charge in [-0.15, -0.1) is 0 Å². The second-order valence-corrected chi connectivity index (χ2v) is 6.04. The first-order valence-corrected chi connectivity index (χ1v) is 7.57. The van der Waals surface area contributed by atoms with Gasteiger partial charge >= 0.3 is 0 Å². The van der Waals surface area contributed by atoms with E-state index in [1.54, 1.807) is 6.92 Å². The molecular formula is C12H18FN3O4S. The fourth-order valence-electron chi connectivity index (χ4n) is 1.47. The van der Waals surface area contributed by atoms with Gasteiger partial charge in [0.2, 0.25) is 15.9 Å². The number of benzene rings is 1. The third-order valence-electron chi connectivity index (χ3n) is 2.66. The first-order chi connectivity index (χ1) is 9.77. The first kappa shape index (κ1) is 17.3. The lowest BCUT2D eigenvalue weighted by Crippen LogP contribution is -2.38. The number of carbonyl (C=O) groups is 1. The number of nitrogens with two attached hydrogens (primary N) is 1. The zero-order chi connectivity index (χ0) is 16.0. The summed E-state index contributed by atoms with van der Waals surface area (Å²) in [5.74, 6) is -1.47. The molecule has 0 saturated heterocycles. The highest BCUT2D eigenvalue weighted by Crippen LogP contribution is 2.21. The lowest BCUT2D eigenvalue weighted by atomic mass is 10.2. The average molecular weight is 319 g/mol. The lowest BCUT2D eigenvalue weighted by Gasteiger charge is -2.10. The van der Waals surface area contributed by atoms with Gasteiger partial charge in [0.15, 0.2) is 0 Å². The van der Waals surface area contributed by atoms with E-state index in [-0.39, 0.29) is 12.2 Å². The van der Waals surface area contributed by atoms with Crippen LogP contribution in [0.1, 0.15) is 5.56 Å². The minimum Gasteiger partial charge on any atom is -0.398 e. The summed E-state index contributed by atoms with van der Waals surface area (Å²) >= 11 is 0. The third-order valence-corrected chi connectivity index (χ3v) is 4.08. The van der Waals surface area contributed by atoms with Gasteiger partial charge in [-0.25, -0.2) is 17.5 Å². The van der Waals surface area contributed by atoms with E-state index in [0.29, 0.717) is 12.2 Å². The Labute approximate surface area is 122 Å². The zero-order valence-electron chi connectivity index (χ0n) is 11.8. The van der Waals surface area contributed by atoms with Crippen molar-refractivity contribution in [1.82, 2.24) is 10.0 Å². The summed E-state index contributed by atoms with van der Waals surface area (Å²) in [6, 6.07) is 2.05. The molecule has 4 N–H and O–H groups in total. The van der Waals surface area contributed by atoms with Gasteiger partial charge < -0.3 is 15.8 Å². The molecule has 0 aromatic heterocycles. The molecule has 118 valence electrons. The Kier molecular flexibility index (Phi) is 6.06. The van der Waals surface area contributed by atoms with Gasteiger partial charge in [0.05, 0.1) is 13.2 Å². The normalized spacial score (nSPS) is 11.4. The van der Waals surface area contributed by atoms with E-state index in [2.05, 4.69) is 5.32 Å². The second-order valence-electron chi connectivity index (χ2n) is 4.31. The number of sulfonamides is 1. The number of aryl methyl sites for hydroxylation is 1. The van der Waals surface area contributed by atoms with Crippen LogP contribution >= 0.6 is 0 Å². The van der Waals surface area contributed by atoms with E-state index in [9.17, 15) is 17.6 Å². The third kappa shape index (κ3) is 4.96. The Morgan fingerprint density at radius 3 is 2.71 bits per heavy atom. The van der Waals surface area contributed by atoms with Crippen LogP contribution in [0.15, 0.2) is 17.0 Å². The molecule has 0 aliphatic carbocycles. The first-order valence-electron chi connectivity index (χ1n) is 6.09. The fraction of sp³-hybridized carbons (Fsp3) is 0.417. The Hall–Kier alpha value is -1.71. The van der Waals surface area contributed by atoms with Crippen LogP contribution in [-0.2, 0) is 19.6 Å². The molecule has 0 aliphatic rings. The van der Waals surface area contributed by atoms with E-state index in [1.165, 1.54) is 7.11 Å². The molecule has 0 fully saturated rings. The van der Waals surface area contributed by atoms with Crippen LogP contribution in [0.3, 0.4) is 0 Å². The summed E-state index contributed by atoms with van der Waals surface area (Å²) < 4.78 is 44.3. The van der Waals surface area contributed by atoms with Gasteiger partial charge in [-0.05, 0) is 24.6 Å². The van der Waals surface area contributed by atoms with E-state index >= 15 is 0 Å². The van der Waals surface area contributed by atoms with Crippen molar-refractivity contribution < 1.29 is 22.3 Å². The highest BCUT2D eigenvalue weighted by atomic mass is 32.2. The molecule has 1 amide bonds. The number of hydrogen-bond acceptors (Lipinski definition) is 5. The summed E-state index contributed by atoms with van der Waals surface area (Å²) in [7, 11) is -2.68. The number of hydrogen-bond donors (Lipinski definition) is 3. The Morgan fingerprint density at radius 2 is 2.10 bits per heavy atom. The summed E-state index contributed by atoms with van der Waals surface area (Å²) in [5.41, 5.74) is 6.16. The number of anilines is 1. The molecule has 21 heavy (non-hydrogen) atoms. The van der Waals surface area contributed by atoms with Gasteiger partial charge in [-0.1, -0.05) is 0 Å². The molecular weight excluding hydrogens is 301 g/mol. The van der Waals surface area contributed by atoms with Crippen LogP contribution in [0.5, 0.6) is 0 Å². The Bertz CT molecular complexity index is 619. The van der Waals surface area contributed by atoms with Crippen LogP contribution in [0.25, 0.3) is 0 Å². The molecule has 0 aliphatic heterocycles. The van der Waals surface area contributed by atoms with Crippen molar-refractivity contribution in [1.29, 1.82) is 0 Å². The van der Waals surface area contributed by atoms with Crippen molar-refractivity contribution in [2.45, 2.75) is 11.8 Å². The molecule has 7 nitrogen and oxygen atoms in total. The molecule has 1 aromatic rings. The van der Waals surface area contributed by atoms with Gasteiger partial charge in [0.1, 0.15) is 10.7 Å². The molecule has 0 bridgehead atoms. The quantitative estimate of drug-likeness (QED) is 0.474. The number of amides is 1. The number of nitrogen functional groups attached to an aromatic ring is 1. The number of carbonyl (C=O) groups excluding carboxylic acids is 1.